The summed E-state index contributed by atoms with van der Waals surface area (Å²) in [6, 6.07) is 3.69. The number of anilines is 2. The fourth-order valence-electron chi connectivity index (χ4n) is 2.74. The molecule has 0 saturated carbocycles. The Labute approximate surface area is 134 Å². The van der Waals surface area contributed by atoms with Crippen molar-refractivity contribution in [1.82, 2.24) is 0 Å². The summed E-state index contributed by atoms with van der Waals surface area (Å²) >= 11 is 0. The molecular formula is C16H14F6N2. The zero-order valence-electron chi connectivity index (χ0n) is 12.7. The highest BCUT2D eigenvalue weighted by atomic mass is 19.4. The van der Waals surface area contributed by atoms with Gasteiger partial charge in [0.15, 0.2) is 0 Å². The van der Waals surface area contributed by atoms with Crippen LogP contribution in [0.15, 0.2) is 24.3 Å². The standard InChI is InChI=1S/C16H14F6N2/c1-7-3-9(23)5-11(15(17,18)19)13(7)14-8(2)4-10(24)6-12(14)16(20,21)22/h3-6H,23-24H2,1-2H3. The summed E-state index contributed by atoms with van der Waals surface area (Å²) in [5, 5.41) is 0. The molecule has 2 rings (SSSR count). The van der Waals surface area contributed by atoms with Crippen LogP contribution in [0, 0.1) is 13.8 Å². The number of nitrogens with two attached hydrogens (primary N) is 2. The second kappa shape index (κ2) is 5.61. The van der Waals surface area contributed by atoms with Gasteiger partial charge in [0, 0.05) is 11.4 Å². The van der Waals surface area contributed by atoms with Crippen LogP contribution >= 0.6 is 0 Å². The average Bonchev–Trinajstić information content (AvgIpc) is 2.36. The first-order chi connectivity index (χ1) is 10.8. The van der Waals surface area contributed by atoms with Crippen molar-refractivity contribution in [2.24, 2.45) is 0 Å². The Hall–Kier alpha value is -2.38. The quantitative estimate of drug-likeness (QED) is 0.552. The van der Waals surface area contributed by atoms with E-state index in [2.05, 4.69) is 0 Å². The Morgan fingerprint density at radius 3 is 1.17 bits per heavy atom. The van der Waals surface area contributed by atoms with Crippen molar-refractivity contribution in [2.45, 2.75) is 26.2 Å². The molecule has 0 heterocycles. The maximum atomic E-state index is 13.4. The van der Waals surface area contributed by atoms with E-state index in [0.29, 0.717) is 12.1 Å². The van der Waals surface area contributed by atoms with Crippen LogP contribution < -0.4 is 11.5 Å². The van der Waals surface area contributed by atoms with Gasteiger partial charge in [-0.1, -0.05) is 0 Å². The van der Waals surface area contributed by atoms with E-state index in [1.54, 1.807) is 0 Å². The van der Waals surface area contributed by atoms with Crippen LogP contribution in [-0.2, 0) is 12.4 Å². The molecule has 130 valence electrons. The zero-order chi connectivity index (χ0) is 18.4. The summed E-state index contributed by atoms with van der Waals surface area (Å²) in [5.74, 6) is 0. The first-order valence-corrected chi connectivity index (χ1v) is 6.77. The lowest BCUT2D eigenvalue weighted by Crippen LogP contribution is -2.14. The number of halogens is 6. The first-order valence-electron chi connectivity index (χ1n) is 6.77. The van der Waals surface area contributed by atoms with E-state index < -0.39 is 34.6 Å². The van der Waals surface area contributed by atoms with Gasteiger partial charge in [-0.3, -0.25) is 0 Å². The Bertz CT molecular complexity index is 723. The fraction of sp³-hybridized carbons (Fsp3) is 0.250. The van der Waals surface area contributed by atoms with Gasteiger partial charge in [-0.25, -0.2) is 0 Å². The number of rotatable bonds is 1. The number of nitrogen functional groups attached to an aromatic ring is 2. The SMILES string of the molecule is Cc1cc(N)cc(C(F)(F)F)c1-c1c(C)cc(N)cc1C(F)(F)F. The molecule has 4 N–H and O–H groups in total. The molecule has 24 heavy (non-hydrogen) atoms. The highest BCUT2D eigenvalue weighted by Crippen LogP contribution is 2.46. The third-order valence-corrected chi connectivity index (χ3v) is 3.58. The zero-order valence-corrected chi connectivity index (χ0v) is 12.7. The molecule has 0 amide bonds. The van der Waals surface area contributed by atoms with Crippen LogP contribution in [0.25, 0.3) is 11.1 Å². The number of aryl methyl sites for hydroxylation is 2. The van der Waals surface area contributed by atoms with Crippen LogP contribution in [0.5, 0.6) is 0 Å². The largest absolute Gasteiger partial charge is 0.417 e. The van der Waals surface area contributed by atoms with Crippen LogP contribution in [0.3, 0.4) is 0 Å². The molecule has 2 aromatic rings. The van der Waals surface area contributed by atoms with Gasteiger partial charge in [0.05, 0.1) is 11.1 Å². The molecule has 0 fully saturated rings. The molecule has 0 saturated heterocycles. The summed E-state index contributed by atoms with van der Waals surface area (Å²) in [7, 11) is 0. The van der Waals surface area contributed by atoms with Crippen molar-refractivity contribution < 1.29 is 26.3 Å². The lowest BCUT2D eigenvalue weighted by molar-refractivity contribution is -0.139. The van der Waals surface area contributed by atoms with Gasteiger partial charge in [0.2, 0.25) is 0 Å². The second-order valence-corrected chi connectivity index (χ2v) is 5.52. The Morgan fingerprint density at radius 1 is 0.625 bits per heavy atom. The fourth-order valence-corrected chi connectivity index (χ4v) is 2.74. The van der Waals surface area contributed by atoms with Gasteiger partial charge >= 0.3 is 12.4 Å². The third-order valence-electron chi connectivity index (χ3n) is 3.58. The Morgan fingerprint density at radius 2 is 0.917 bits per heavy atom. The van der Waals surface area contributed by atoms with Crippen LogP contribution in [0.4, 0.5) is 37.7 Å². The smallest absolute Gasteiger partial charge is 0.399 e. The van der Waals surface area contributed by atoms with Crippen LogP contribution in [0.1, 0.15) is 22.3 Å². The maximum Gasteiger partial charge on any atom is 0.417 e. The van der Waals surface area contributed by atoms with Gasteiger partial charge < -0.3 is 11.5 Å². The van der Waals surface area contributed by atoms with Gasteiger partial charge in [0.1, 0.15) is 0 Å². The highest BCUT2D eigenvalue weighted by molar-refractivity contribution is 5.81. The van der Waals surface area contributed by atoms with Crippen molar-refractivity contribution in [3.63, 3.8) is 0 Å². The number of hydrogen-bond donors (Lipinski definition) is 2. The Kier molecular flexibility index (Phi) is 4.20. The van der Waals surface area contributed by atoms with Crippen molar-refractivity contribution >= 4 is 11.4 Å². The Balaban J connectivity index is 2.98. The molecule has 0 aliphatic carbocycles. The van der Waals surface area contributed by atoms with E-state index in [-0.39, 0.29) is 22.5 Å². The van der Waals surface area contributed by atoms with Gasteiger partial charge in [-0.2, -0.15) is 26.3 Å². The predicted octanol–water partition coefficient (Wildman–Crippen LogP) is 5.17. The summed E-state index contributed by atoms with van der Waals surface area (Å²) in [4.78, 5) is 0. The molecule has 0 aliphatic rings. The maximum absolute atomic E-state index is 13.4. The van der Waals surface area contributed by atoms with Gasteiger partial charge in [-0.05, 0) is 60.4 Å². The van der Waals surface area contributed by atoms with Crippen molar-refractivity contribution in [3.05, 3.63) is 46.5 Å². The van der Waals surface area contributed by atoms with E-state index in [1.165, 1.54) is 26.0 Å². The minimum absolute atomic E-state index is 0.000645. The lowest BCUT2D eigenvalue weighted by atomic mass is 9.87. The van der Waals surface area contributed by atoms with E-state index in [4.69, 9.17) is 11.5 Å². The topological polar surface area (TPSA) is 52.0 Å². The number of hydrogen-bond acceptors (Lipinski definition) is 2. The molecule has 0 aliphatic heterocycles. The van der Waals surface area contributed by atoms with Gasteiger partial charge in [-0.15, -0.1) is 0 Å². The number of alkyl halides is 6. The molecule has 0 aromatic heterocycles. The molecule has 0 bridgehead atoms. The summed E-state index contributed by atoms with van der Waals surface area (Å²) in [6.45, 7) is 2.58. The summed E-state index contributed by atoms with van der Waals surface area (Å²) < 4.78 is 80.2. The number of benzene rings is 2. The molecule has 0 spiro atoms. The molecule has 2 nitrogen and oxygen atoms in total. The van der Waals surface area contributed by atoms with Crippen molar-refractivity contribution in [3.8, 4) is 11.1 Å². The van der Waals surface area contributed by atoms with Crippen molar-refractivity contribution in [2.75, 3.05) is 11.5 Å². The minimum atomic E-state index is -4.85. The van der Waals surface area contributed by atoms with E-state index in [0.717, 1.165) is 0 Å². The molecule has 0 atom stereocenters. The molecule has 8 heteroatoms. The summed E-state index contributed by atoms with van der Waals surface area (Å²) in [6.07, 6.45) is -9.71. The predicted molar refractivity (Wildman–Crippen MR) is 80.2 cm³/mol. The van der Waals surface area contributed by atoms with Crippen LogP contribution in [0.2, 0.25) is 0 Å². The third kappa shape index (κ3) is 3.27. The monoisotopic (exact) mass is 348 g/mol. The van der Waals surface area contributed by atoms with Crippen LogP contribution in [-0.4, -0.2) is 0 Å². The lowest BCUT2D eigenvalue weighted by Gasteiger charge is -2.22. The normalized spacial score (nSPS) is 12.5. The highest BCUT2D eigenvalue weighted by Gasteiger charge is 2.40. The second-order valence-electron chi connectivity index (χ2n) is 5.52. The van der Waals surface area contributed by atoms with E-state index in [9.17, 15) is 26.3 Å². The van der Waals surface area contributed by atoms with Gasteiger partial charge in [0.25, 0.3) is 0 Å². The summed E-state index contributed by atoms with van der Waals surface area (Å²) in [5.41, 5.74) is 7.04. The first kappa shape index (κ1) is 18.0. The molecular weight excluding hydrogens is 334 g/mol. The molecule has 2 aromatic carbocycles. The van der Waals surface area contributed by atoms with E-state index >= 15 is 0 Å². The van der Waals surface area contributed by atoms with Crippen molar-refractivity contribution in [1.29, 1.82) is 0 Å². The minimum Gasteiger partial charge on any atom is -0.399 e. The van der Waals surface area contributed by atoms with E-state index in [1.807, 2.05) is 0 Å². The average molecular weight is 348 g/mol. The molecule has 0 unspecified atom stereocenters. The molecule has 0 radical (unpaired) electrons.